The Hall–Kier alpha value is -1.65. The number of aromatic amines is 1. The molecular weight excluding hydrogens is 204 g/mol. The van der Waals surface area contributed by atoms with Gasteiger partial charge < -0.3 is 4.98 Å². The van der Waals surface area contributed by atoms with Gasteiger partial charge in [0.1, 0.15) is 11.3 Å². The van der Waals surface area contributed by atoms with E-state index in [4.69, 9.17) is 0 Å². The fourth-order valence-electron chi connectivity index (χ4n) is 2.23. The standard InChI is InChI=1S/C11H14N4O/c1-6-8-9(15(2)14-6)11(16)13-10(12-8)7-4-3-5-7/h7H,3-5H2,1-2H3,(H,12,13,16). The van der Waals surface area contributed by atoms with Crippen LogP contribution in [0.15, 0.2) is 4.79 Å². The van der Waals surface area contributed by atoms with Gasteiger partial charge >= 0.3 is 0 Å². The lowest BCUT2D eigenvalue weighted by atomic mass is 9.85. The van der Waals surface area contributed by atoms with E-state index < -0.39 is 0 Å². The number of hydrogen-bond donors (Lipinski definition) is 1. The second-order valence-corrected chi connectivity index (χ2v) is 4.49. The summed E-state index contributed by atoms with van der Waals surface area (Å²) in [4.78, 5) is 19.3. The number of aromatic nitrogens is 4. The van der Waals surface area contributed by atoms with E-state index in [1.165, 1.54) is 6.42 Å². The molecule has 0 atom stereocenters. The zero-order valence-electron chi connectivity index (χ0n) is 9.45. The van der Waals surface area contributed by atoms with E-state index in [2.05, 4.69) is 15.1 Å². The van der Waals surface area contributed by atoms with Crippen molar-refractivity contribution in [1.29, 1.82) is 0 Å². The number of fused-ring (bicyclic) bond motifs is 1. The molecule has 84 valence electrons. The molecule has 0 aliphatic heterocycles. The van der Waals surface area contributed by atoms with Crippen molar-refractivity contribution in [1.82, 2.24) is 19.7 Å². The van der Waals surface area contributed by atoms with Crippen molar-refractivity contribution in [2.45, 2.75) is 32.1 Å². The summed E-state index contributed by atoms with van der Waals surface area (Å²) in [5, 5.41) is 4.23. The third-order valence-electron chi connectivity index (χ3n) is 3.37. The average molecular weight is 218 g/mol. The van der Waals surface area contributed by atoms with E-state index in [1.54, 1.807) is 11.7 Å². The average Bonchev–Trinajstić information content (AvgIpc) is 2.39. The first-order valence-electron chi connectivity index (χ1n) is 5.60. The van der Waals surface area contributed by atoms with Gasteiger partial charge in [0.2, 0.25) is 0 Å². The highest BCUT2D eigenvalue weighted by atomic mass is 16.1. The summed E-state index contributed by atoms with van der Waals surface area (Å²) in [6, 6.07) is 0. The minimum atomic E-state index is -0.0741. The normalized spacial score (nSPS) is 16.6. The Kier molecular flexibility index (Phi) is 1.89. The van der Waals surface area contributed by atoms with E-state index in [-0.39, 0.29) is 5.56 Å². The Bertz CT molecular complexity index is 606. The molecule has 5 nitrogen and oxygen atoms in total. The Morgan fingerprint density at radius 2 is 2.19 bits per heavy atom. The minimum Gasteiger partial charge on any atom is -0.308 e. The third-order valence-corrected chi connectivity index (χ3v) is 3.37. The van der Waals surface area contributed by atoms with Crippen LogP contribution in [0.4, 0.5) is 0 Å². The molecule has 1 fully saturated rings. The van der Waals surface area contributed by atoms with Gasteiger partial charge in [-0.1, -0.05) is 6.42 Å². The van der Waals surface area contributed by atoms with Crippen LogP contribution in [0.3, 0.4) is 0 Å². The molecule has 2 aromatic heterocycles. The molecule has 0 aromatic carbocycles. The fraction of sp³-hybridized carbons (Fsp3) is 0.545. The third kappa shape index (κ3) is 1.20. The van der Waals surface area contributed by atoms with E-state index in [9.17, 15) is 4.79 Å². The highest BCUT2D eigenvalue weighted by Crippen LogP contribution is 2.34. The van der Waals surface area contributed by atoms with Crippen LogP contribution in [0.5, 0.6) is 0 Å². The van der Waals surface area contributed by atoms with Gasteiger partial charge in [-0.3, -0.25) is 9.48 Å². The Morgan fingerprint density at radius 1 is 1.44 bits per heavy atom. The monoisotopic (exact) mass is 218 g/mol. The summed E-state index contributed by atoms with van der Waals surface area (Å²) in [5.74, 6) is 1.27. The first-order valence-corrected chi connectivity index (χ1v) is 5.60. The fourth-order valence-corrected chi connectivity index (χ4v) is 2.23. The molecule has 0 radical (unpaired) electrons. The number of aryl methyl sites for hydroxylation is 2. The number of nitrogens with zero attached hydrogens (tertiary/aromatic N) is 3. The van der Waals surface area contributed by atoms with Crippen molar-refractivity contribution in [3.63, 3.8) is 0 Å². The van der Waals surface area contributed by atoms with Gasteiger partial charge in [-0.15, -0.1) is 0 Å². The summed E-state index contributed by atoms with van der Waals surface area (Å²) in [6.07, 6.45) is 3.50. The molecule has 1 aliphatic rings. The molecule has 1 aliphatic carbocycles. The summed E-state index contributed by atoms with van der Waals surface area (Å²) in [5.41, 5.74) is 2.06. The van der Waals surface area contributed by atoms with Crippen molar-refractivity contribution in [2.75, 3.05) is 0 Å². The molecule has 1 saturated carbocycles. The van der Waals surface area contributed by atoms with Gasteiger partial charge in [0.05, 0.1) is 5.69 Å². The zero-order valence-corrected chi connectivity index (χ0v) is 9.45. The maximum absolute atomic E-state index is 11.9. The van der Waals surface area contributed by atoms with Crippen LogP contribution in [0.1, 0.15) is 36.7 Å². The quantitative estimate of drug-likeness (QED) is 0.783. The predicted octanol–water partition coefficient (Wildman–Crippen LogP) is 1.23. The molecule has 0 amide bonds. The maximum Gasteiger partial charge on any atom is 0.277 e. The highest BCUT2D eigenvalue weighted by Gasteiger charge is 2.23. The topological polar surface area (TPSA) is 63.6 Å². The van der Waals surface area contributed by atoms with Crippen molar-refractivity contribution in [3.05, 3.63) is 21.9 Å². The molecule has 3 rings (SSSR count). The lowest BCUT2D eigenvalue weighted by Gasteiger charge is -2.23. The van der Waals surface area contributed by atoms with E-state index >= 15 is 0 Å². The highest BCUT2D eigenvalue weighted by molar-refractivity contribution is 5.76. The van der Waals surface area contributed by atoms with Crippen molar-refractivity contribution < 1.29 is 0 Å². The molecule has 5 heteroatoms. The summed E-state index contributed by atoms with van der Waals surface area (Å²) in [7, 11) is 1.77. The summed E-state index contributed by atoms with van der Waals surface area (Å²) >= 11 is 0. The lowest BCUT2D eigenvalue weighted by Crippen LogP contribution is -2.19. The van der Waals surface area contributed by atoms with E-state index in [0.717, 1.165) is 29.9 Å². The van der Waals surface area contributed by atoms with Crippen LogP contribution in [-0.4, -0.2) is 19.7 Å². The van der Waals surface area contributed by atoms with Crippen LogP contribution in [0, 0.1) is 6.92 Å². The van der Waals surface area contributed by atoms with Crippen LogP contribution >= 0.6 is 0 Å². The summed E-state index contributed by atoms with van der Waals surface area (Å²) < 4.78 is 1.60. The van der Waals surface area contributed by atoms with Gasteiger partial charge in [0.25, 0.3) is 5.56 Å². The second-order valence-electron chi connectivity index (χ2n) is 4.49. The van der Waals surface area contributed by atoms with Crippen LogP contribution in [0.2, 0.25) is 0 Å². The Balaban J connectivity index is 2.28. The van der Waals surface area contributed by atoms with Crippen LogP contribution in [-0.2, 0) is 7.05 Å². The van der Waals surface area contributed by atoms with Gasteiger partial charge in [-0.25, -0.2) is 4.98 Å². The van der Waals surface area contributed by atoms with Crippen LogP contribution in [0.25, 0.3) is 11.0 Å². The van der Waals surface area contributed by atoms with Gasteiger partial charge in [-0.2, -0.15) is 5.10 Å². The molecular formula is C11H14N4O. The first kappa shape index (κ1) is 9.57. The van der Waals surface area contributed by atoms with E-state index in [1.807, 2.05) is 6.92 Å². The smallest absolute Gasteiger partial charge is 0.277 e. The SMILES string of the molecule is Cc1nn(C)c2c(=O)[nH]c(C3CCC3)nc12. The maximum atomic E-state index is 11.9. The van der Waals surface area contributed by atoms with Gasteiger partial charge in [0.15, 0.2) is 5.52 Å². The molecule has 0 spiro atoms. The number of nitrogens with one attached hydrogen (secondary N) is 1. The molecule has 1 N–H and O–H groups in total. The van der Waals surface area contributed by atoms with Crippen LogP contribution < -0.4 is 5.56 Å². The molecule has 2 aromatic rings. The van der Waals surface area contributed by atoms with Gasteiger partial charge in [0, 0.05) is 13.0 Å². The largest absolute Gasteiger partial charge is 0.308 e. The summed E-state index contributed by atoms with van der Waals surface area (Å²) in [6.45, 7) is 1.89. The van der Waals surface area contributed by atoms with E-state index in [0.29, 0.717) is 11.4 Å². The minimum absolute atomic E-state index is 0.0741. The predicted molar refractivity (Wildman–Crippen MR) is 60.5 cm³/mol. The molecule has 0 saturated heterocycles. The van der Waals surface area contributed by atoms with Crippen molar-refractivity contribution in [3.8, 4) is 0 Å². The number of rotatable bonds is 1. The van der Waals surface area contributed by atoms with Crippen molar-refractivity contribution >= 4 is 11.0 Å². The second kappa shape index (κ2) is 3.17. The van der Waals surface area contributed by atoms with Gasteiger partial charge in [-0.05, 0) is 19.8 Å². The molecule has 16 heavy (non-hydrogen) atoms. The molecule has 0 unspecified atom stereocenters. The lowest BCUT2D eigenvalue weighted by molar-refractivity contribution is 0.401. The van der Waals surface area contributed by atoms with Crippen molar-refractivity contribution in [2.24, 2.45) is 7.05 Å². The molecule has 2 heterocycles. The Labute approximate surface area is 92.5 Å². The Morgan fingerprint density at radius 3 is 2.81 bits per heavy atom. The number of H-pyrrole nitrogens is 1. The number of hydrogen-bond acceptors (Lipinski definition) is 3. The zero-order chi connectivity index (χ0) is 11.3. The molecule has 0 bridgehead atoms. The first-order chi connectivity index (χ1) is 7.66.